The first kappa shape index (κ1) is 17.0. The number of ether oxygens (including phenoxy) is 2. The Kier molecular flexibility index (Phi) is 5.76. The van der Waals surface area contributed by atoms with E-state index in [1.54, 1.807) is 31.2 Å². The van der Waals surface area contributed by atoms with Crippen molar-refractivity contribution in [3.63, 3.8) is 0 Å². The Balaban J connectivity index is 2.64. The summed E-state index contributed by atoms with van der Waals surface area (Å²) in [5.41, 5.74) is 0.178. The molecule has 5 nitrogen and oxygen atoms in total. The van der Waals surface area contributed by atoms with Gasteiger partial charge in [0, 0.05) is 5.54 Å². The van der Waals surface area contributed by atoms with Gasteiger partial charge in [-0.1, -0.05) is 6.92 Å². The van der Waals surface area contributed by atoms with Crippen LogP contribution in [0, 0.1) is 0 Å². The number of carbonyl (C=O) groups excluding carboxylic acids is 2. The Labute approximate surface area is 125 Å². The van der Waals surface area contributed by atoms with Crippen LogP contribution in [-0.2, 0) is 9.53 Å². The molecule has 0 spiro atoms. The lowest BCUT2D eigenvalue weighted by molar-refractivity contribution is -0.128. The number of carbonyl (C=O) groups is 2. The predicted molar refractivity (Wildman–Crippen MR) is 80.4 cm³/mol. The number of hydrogen-bond acceptors (Lipinski definition) is 4. The van der Waals surface area contributed by atoms with Crippen LogP contribution in [-0.4, -0.2) is 30.6 Å². The van der Waals surface area contributed by atoms with Crippen molar-refractivity contribution in [1.29, 1.82) is 0 Å². The van der Waals surface area contributed by atoms with Crippen LogP contribution in [0.1, 0.15) is 44.5 Å². The Morgan fingerprint density at radius 3 is 2.29 bits per heavy atom. The van der Waals surface area contributed by atoms with Crippen molar-refractivity contribution in [2.75, 3.05) is 7.11 Å². The molecule has 1 amide bonds. The van der Waals surface area contributed by atoms with Crippen molar-refractivity contribution < 1.29 is 19.1 Å². The molecule has 1 rings (SSSR count). The zero-order valence-corrected chi connectivity index (χ0v) is 13.2. The van der Waals surface area contributed by atoms with Gasteiger partial charge in [0.25, 0.3) is 5.91 Å². The van der Waals surface area contributed by atoms with E-state index in [9.17, 15) is 9.59 Å². The zero-order valence-electron chi connectivity index (χ0n) is 13.2. The number of esters is 1. The zero-order chi connectivity index (χ0) is 16.0. The summed E-state index contributed by atoms with van der Waals surface area (Å²) in [4.78, 5) is 23.4. The molecule has 0 aliphatic carbocycles. The average molecular weight is 293 g/mol. The molecule has 1 atom stereocenters. The second kappa shape index (κ2) is 7.11. The maximum Gasteiger partial charge on any atom is 0.337 e. The lowest BCUT2D eigenvalue weighted by Crippen LogP contribution is -2.48. The van der Waals surface area contributed by atoms with Crippen molar-refractivity contribution in [2.24, 2.45) is 0 Å². The second-order valence-corrected chi connectivity index (χ2v) is 5.50. The molecule has 21 heavy (non-hydrogen) atoms. The molecule has 1 unspecified atom stereocenters. The molecule has 0 aliphatic heterocycles. The van der Waals surface area contributed by atoms with Gasteiger partial charge in [0.15, 0.2) is 6.10 Å². The molecule has 0 aliphatic rings. The molecule has 5 heteroatoms. The van der Waals surface area contributed by atoms with Crippen molar-refractivity contribution in [1.82, 2.24) is 5.32 Å². The summed E-state index contributed by atoms with van der Waals surface area (Å²) in [6.07, 6.45) is 0.221. The molecule has 0 bridgehead atoms. The van der Waals surface area contributed by atoms with E-state index in [0.29, 0.717) is 11.3 Å². The standard InChI is InChI=1S/C16H23NO4/c1-6-16(3,4)17-14(18)11(2)21-13-9-7-12(8-10-13)15(19)20-5/h7-11H,6H2,1-5H3,(H,17,18). The molecule has 1 N–H and O–H groups in total. The topological polar surface area (TPSA) is 64.6 Å². The summed E-state index contributed by atoms with van der Waals surface area (Å²) < 4.78 is 10.2. The summed E-state index contributed by atoms with van der Waals surface area (Å²) in [7, 11) is 1.33. The molecular weight excluding hydrogens is 270 g/mol. The van der Waals surface area contributed by atoms with Crippen LogP contribution in [0.4, 0.5) is 0 Å². The van der Waals surface area contributed by atoms with Gasteiger partial charge < -0.3 is 14.8 Å². The van der Waals surface area contributed by atoms with Gasteiger partial charge in [0.05, 0.1) is 12.7 Å². The van der Waals surface area contributed by atoms with Crippen molar-refractivity contribution >= 4 is 11.9 Å². The third-order valence-corrected chi connectivity index (χ3v) is 3.30. The van der Waals surface area contributed by atoms with Crippen molar-refractivity contribution in [2.45, 2.75) is 45.8 Å². The van der Waals surface area contributed by atoms with Gasteiger partial charge in [-0.25, -0.2) is 4.79 Å². The Hall–Kier alpha value is -2.04. The molecule has 1 aromatic carbocycles. The van der Waals surface area contributed by atoms with E-state index in [1.807, 2.05) is 20.8 Å². The molecule has 0 fully saturated rings. The van der Waals surface area contributed by atoms with Crippen LogP contribution in [0.25, 0.3) is 0 Å². The van der Waals surface area contributed by atoms with Crippen LogP contribution in [0.5, 0.6) is 5.75 Å². The third kappa shape index (κ3) is 5.10. The van der Waals surface area contributed by atoms with E-state index in [-0.39, 0.29) is 11.4 Å². The maximum absolute atomic E-state index is 12.0. The van der Waals surface area contributed by atoms with E-state index in [4.69, 9.17) is 4.74 Å². The fourth-order valence-electron chi connectivity index (χ4n) is 1.57. The number of hydrogen-bond donors (Lipinski definition) is 1. The smallest absolute Gasteiger partial charge is 0.337 e. The van der Waals surface area contributed by atoms with Gasteiger partial charge in [0.1, 0.15) is 5.75 Å². The van der Waals surface area contributed by atoms with Crippen LogP contribution in [0.3, 0.4) is 0 Å². The second-order valence-electron chi connectivity index (χ2n) is 5.50. The first-order chi connectivity index (χ1) is 9.79. The van der Waals surface area contributed by atoms with E-state index in [0.717, 1.165) is 6.42 Å². The summed E-state index contributed by atoms with van der Waals surface area (Å²) in [6.45, 7) is 7.62. The van der Waals surface area contributed by atoms with E-state index < -0.39 is 12.1 Å². The minimum absolute atomic E-state index is 0.168. The third-order valence-electron chi connectivity index (χ3n) is 3.30. The Morgan fingerprint density at radius 2 is 1.81 bits per heavy atom. The molecule has 0 radical (unpaired) electrons. The van der Waals surface area contributed by atoms with E-state index in [1.165, 1.54) is 7.11 Å². The summed E-state index contributed by atoms with van der Waals surface area (Å²) in [6, 6.07) is 6.48. The quantitative estimate of drug-likeness (QED) is 0.819. The maximum atomic E-state index is 12.0. The molecule has 1 aromatic rings. The Morgan fingerprint density at radius 1 is 1.24 bits per heavy atom. The molecule has 0 saturated carbocycles. The minimum atomic E-state index is -0.611. The SMILES string of the molecule is CCC(C)(C)NC(=O)C(C)Oc1ccc(C(=O)OC)cc1. The number of methoxy groups -OCH3 is 1. The summed E-state index contributed by atoms with van der Waals surface area (Å²) >= 11 is 0. The highest BCUT2D eigenvalue weighted by molar-refractivity contribution is 5.89. The van der Waals surface area contributed by atoms with Gasteiger partial charge in [0.2, 0.25) is 0 Å². The lowest BCUT2D eigenvalue weighted by atomic mass is 10.0. The van der Waals surface area contributed by atoms with Gasteiger partial charge >= 0.3 is 5.97 Å². The monoisotopic (exact) mass is 293 g/mol. The number of amides is 1. The highest BCUT2D eigenvalue weighted by Gasteiger charge is 2.22. The van der Waals surface area contributed by atoms with Gasteiger partial charge in [-0.2, -0.15) is 0 Å². The van der Waals surface area contributed by atoms with Crippen LogP contribution >= 0.6 is 0 Å². The summed E-state index contributed by atoms with van der Waals surface area (Å²) in [5, 5.41) is 2.93. The van der Waals surface area contributed by atoms with Crippen LogP contribution in [0.2, 0.25) is 0 Å². The lowest BCUT2D eigenvalue weighted by Gasteiger charge is -2.26. The number of nitrogens with one attached hydrogen (secondary N) is 1. The summed E-state index contributed by atoms with van der Waals surface area (Å²) in [5.74, 6) is -0.0458. The highest BCUT2D eigenvalue weighted by Crippen LogP contribution is 2.15. The molecule has 0 saturated heterocycles. The highest BCUT2D eigenvalue weighted by atomic mass is 16.5. The Bertz CT molecular complexity index is 494. The average Bonchev–Trinajstić information content (AvgIpc) is 2.46. The van der Waals surface area contributed by atoms with Gasteiger partial charge in [-0.3, -0.25) is 4.79 Å². The largest absolute Gasteiger partial charge is 0.481 e. The normalized spacial score (nSPS) is 12.4. The van der Waals surface area contributed by atoms with Crippen LogP contribution < -0.4 is 10.1 Å². The molecule has 116 valence electrons. The van der Waals surface area contributed by atoms with Crippen molar-refractivity contribution in [3.05, 3.63) is 29.8 Å². The van der Waals surface area contributed by atoms with Crippen molar-refractivity contribution in [3.8, 4) is 5.75 Å². The van der Waals surface area contributed by atoms with E-state index >= 15 is 0 Å². The molecule has 0 aromatic heterocycles. The van der Waals surface area contributed by atoms with Gasteiger partial charge in [-0.05, 0) is 51.5 Å². The molecular formula is C16H23NO4. The van der Waals surface area contributed by atoms with E-state index in [2.05, 4.69) is 10.1 Å². The first-order valence-corrected chi connectivity index (χ1v) is 6.96. The number of rotatable bonds is 6. The van der Waals surface area contributed by atoms with Crippen LogP contribution in [0.15, 0.2) is 24.3 Å². The predicted octanol–water partition coefficient (Wildman–Crippen LogP) is 2.55. The minimum Gasteiger partial charge on any atom is -0.481 e. The van der Waals surface area contributed by atoms with Gasteiger partial charge in [-0.15, -0.1) is 0 Å². The number of benzene rings is 1. The first-order valence-electron chi connectivity index (χ1n) is 6.96. The fourth-order valence-corrected chi connectivity index (χ4v) is 1.57. The fraction of sp³-hybridized carbons (Fsp3) is 0.500. The molecule has 0 heterocycles.